The second-order valence-corrected chi connectivity index (χ2v) is 3.44. The Morgan fingerprint density at radius 3 is 2.23 bits per heavy atom. The SMILES string of the molecule is CC(C)C(=O)OCC(N)(CO)CO. The summed E-state index contributed by atoms with van der Waals surface area (Å²) in [5.74, 6) is -0.627. The van der Waals surface area contributed by atoms with E-state index in [4.69, 9.17) is 20.7 Å². The second-order valence-electron chi connectivity index (χ2n) is 3.44. The summed E-state index contributed by atoms with van der Waals surface area (Å²) in [6.45, 7) is 2.37. The highest BCUT2D eigenvalue weighted by Gasteiger charge is 2.25. The van der Waals surface area contributed by atoms with Gasteiger partial charge in [-0.3, -0.25) is 4.79 Å². The quantitative estimate of drug-likeness (QED) is 0.478. The van der Waals surface area contributed by atoms with Gasteiger partial charge in [0.1, 0.15) is 6.61 Å². The minimum absolute atomic E-state index is 0.170. The number of hydrogen-bond donors (Lipinski definition) is 3. The van der Waals surface area contributed by atoms with Crippen LogP contribution in [0.25, 0.3) is 0 Å². The molecule has 0 aromatic rings. The number of carbonyl (C=O) groups excluding carboxylic acids is 1. The average molecular weight is 191 g/mol. The van der Waals surface area contributed by atoms with Crippen molar-refractivity contribution in [3.63, 3.8) is 0 Å². The molecule has 5 nitrogen and oxygen atoms in total. The Labute approximate surface area is 77.5 Å². The molecule has 78 valence electrons. The van der Waals surface area contributed by atoms with E-state index >= 15 is 0 Å². The second kappa shape index (κ2) is 5.16. The molecule has 13 heavy (non-hydrogen) atoms. The summed E-state index contributed by atoms with van der Waals surface area (Å²) >= 11 is 0. The number of carbonyl (C=O) groups is 1. The minimum Gasteiger partial charge on any atom is -0.463 e. The van der Waals surface area contributed by atoms with Crippen LogP contribution in [0, 0.1) is 5.92 Å². The lowest BCUT2D eigenvalue weighted by Gasteiger charge is -2.24. The smallest absolute Gasteiger partial charge is 0.308 e. The van der Waals surface area contributed by atoms with Gasteiger partial charge < -0.3 is 20.7 Å². The zero-order chi connectivity index (χ0) is 10.5. The monoisotopic (exact) mass is 191 g/mol. The van der Waals surface area contributed by atoms with Crippen molar-refractivity contribution in [1.29, 1.82) is 0 Å². The fraction of sp³-hybridized carbons (Fsp3) is 0.875. The zero-order valence-corrected chi connectivity index (χ0v) is 7.99. The van der Waals surface area contributed by atoms with Gasteiger partial charge in [0.2, 0.25) is 0 Å². The standard InChI is InChI=1S/C8H17NO4/c1-6(2)7(12)13-5-8(9,3-10)4-11/h6,10-11H,3-5,9H2,1-2H3. The van der Waals surface area contributed by atoms with Crippen molar-refractivity contribution in [2.75, 3.05) is 19.8 Å². The Balaban J connectivity index is 3.92. The Hall–Kier alpha value is -0.650. The molecule has 0 rings (SSSR count). The Bertz CT molecular complexity index is 166. The van der Waals surface area contributed by atoms with E-state index in [0.29, 0.717) is 0 Å². The lowest BCUT2D eigenvalue weighted by atomic mass is 10.1. The number of hydrogen-bond acceptors (Lipinski definition) is 5. The highest BCUT2D eigenvalue weighted by atomic mass is 16.5. The summed E-state index contributed by atoms with van der Waals surface area (Å²) in [6.07, 6.45) is 0. The van der Waals surface area contributed by atoms with Gasteiger partial charge in [-0.05, 0) is 0 Å². The van der Waals surface area contributed by atoms with E-state index in [1.165, 1.54) is 0 Å². The van der Waals surface area contributed by atoms with Gasteiger partial charge >= 0.3 is 5.97 Å². The summed E-state index contributed by atoms with van der Waals surface area (Å²) < 4.78 is 4.77. The maximum atomic E-state index is 11.0. The normalized spacial score (nSPS) is 11.8. The Kier molecular flexibility index (Phi) is 4.90. The molecule has 0 aliphatic carbocycles. The van der Waals surface area contributed by atoms with Crippen LogP contribution in [0.5, 0.6) is 0 Å². The highest BCUT2D eigenvalue weighted by Crippen LogP contribution is 2.02. The van der Waals surface area contributed by atoms with Crippen molar-refractivity contribution in [3.05, 3.63) is 0 Å². The van der Waals surface area contributed by atoms with Gasteiger partial charge in [0.15, 0.2) is 0 Å². The molecule has 0 aromatic carbocycles. The predicted octanol–water partition coefficient (Wildman–Crippen LogP) is -1.13. The molecular formula is C8H17NO4. The molecule has 0 heterocycles. The van der Waals surface area contributed by atoms with Crippen LogP contribution in [-0.4, -0.2) is 41.5 Å². The third-order valence-electron chi connectivity index (χ3n) is 1.60. The average Bonchev–Trinajstić information content (AvgIpc) is 2.13. The molecule has 0 amide bonds. The first kappa shape index (κ1) is 12.3. The molecule has 0 aromatic heterocycles. The van der Waals surface area contributed by atoms with E-state index in [9.17, 15) is 4.79 Å². The molecule has 0 unspecified atom stereocenters. The molecule has 0 aliphatic rings. The maximum Gasteiger partial charge on any atom is 0.308 e. The summed E-state index contributed by atoms with van der Waals surface area (Å²) in [5.41, 5.74) is 4.24. The van der Waals surface area contributed by atoms with Gasteiger partial charge in [0, 0.05) is 0 Å². The summed E-state index contributed by atoms with van der Waals surface area (Å²) in [6, 6.07) is 0. The third kappa shape index (κ3) is 4.21. The summed E-state index contributed by atoms with van der Waals surface area (Å²) in [7, 11) is 0. The molecule has 0 aliphatic heterocycles. The fourth-order valence-corrected chi connectivity index (χ4v) is 0.523. The molecule has 0 saturated heterocycles. The first-order chi connectivity index (χ1) is 5.95. The number of nitrogens with two attached hydrogens (primary N) is 1. The van der Waals surface area contributed by atoms with E-state index in [-0.39, 0.29) is 12.5 Å². The van der Waals surface area contributed by atoms with Gasteiger partial charge in [0.25, 0.3) is 0 Å². The Morgan fingerprint density at radius 1 is 1.46 bits per heavy atom. The van der Waals surface area contributed by atoms with E-state index in [1.54, 1.807) is 13.8 Å². The molecule has 0 spiro atoms. The van der Waals surface area contributed by atoms with Crippen molar-refractivity contribution in [2.45, 2.75) is 19.4 Å². The maximum absolute atomic E-state index is 11.0. The predicted molar refractivity (Wildman–Crippen MR) is 46.9 cm³/mol. The van der Waals surface area contributed by atoms with Crippen molar-refractivity contribution in [1.82, 2.24) is 0 Å². The molecular weight excluding hydrogens is 174 g/mol. The van der Waals surface area contributed by atoms with Crippen LogP contribution >= 0.6 is 0 Å². The van der Waals surface area contributed by atoms with Crippen molar-refractivity contribution >= 4 is 5.97 Å². The van der Waals surface area contributed by atoms with Gasteiger partial charge in [0.05, 0.1) is 24.7 Å². The first-order valence-corrected chi connectivity index (χ1v) is 4.12. The number of aliphatic hydroxyl groups is 2. The van der Waals surface area contributed by atoms with Crippen molar-refractivity contribution < 1.29 is 19.7 Å². The van der Waals surface area contributed by atoms with Gasteiger partial charge in [-0.25, -0.2) is 0 Å². The van der Waals surface area contributed by atoms with Gasteiger partial charge in [-0.2, -0.15) is 0 Å². The molecule has 0 radical (unpaired) electrons. The Morgan fingerprint density at radius 2 is 1.92 bits per heavy atom. The first-order valence-electron chi connectivity index (χ1n) is 4.12. The van der Waals surface area contributed by atoms with E-state index in [0.717, 1.165) is 0 Å². The van der Waals surface area contributed by atoms with Crippen molar-refractivity contribution in [3.8, 4) is 0 Å². The van der Waals surface area contributed by atoms with Gasteiger partial charge in [-0.15, -0.1) is 0 Å². The molecule has 0 atom stereocenters. The van der Waals surface area contributed by atoms with Crippen LogP contribution < -0.4 is 5.73 Å². The molecule has 0 saturated carbocycles. The lowest BCUT2D eigenvalue weighted by molar-refractivity contribution is -0.150. The van der Waals surface area contributed by atoms with E-state index in [1.807, 2.05) is 0 Å². The largest absolute Gasteiger partial charge is 0.463 e. The van der Waals surface area contributed by atoms with E-state index < -0.39 is 24.7 Å². The summed E-state index contributed by atoms with van der Waals surface area (Å²) in [4.78, 5) is 11.0. The number of ether oxygens (including phenoxy) is 1. The molecule has 4 N–H and O–H groups in total. The van der Waals surface area contributed by atoms with Crippen molar-refractivity contribution in [2.24, 2.45) is 11.7 Å². The number of rotatable bonds is 5. The van der Waals surface area contributed by atoms with Crippen LogP contribution in [0.1, 0.15) is 13.8 Å². The van der Waals surface area contributed by atoms with Gasteiger partial charge in [-0.1, -0.05) is 13.8 Å². The van der Waals surface area contributed by atoms with Crippen LogP contribution in [0.4, 0.5) is 0 Å². The van der Waals surface area contributed by atoms with Crippen LogP contribution in [0.3, 0.4) is 0 Å². The number of esters is 1. The minimum atomic E-state index is -1.23. The van der Waals surface area contributed by atoms with Crippen LogP contribution in [0.15, 0.2) is 0 Å². The molecule has 0 fully saturated rings. The lowest BCUT2D eigenvalue weighted by Crippen LogP contribution is -2.52. The van der Waals surface area contributed by atoms with Crippen LogP contribution in [0.2, 0.25) is 0 Å². The zero-order valence-electron chi connectivity index (χ0n) is 7.99. The highest BCUT2D eigenvalue weighted by molar-refractivity contribution is 5.71. The molecule has 0 bridgehead atoms. The number of aliphatic hydroxyl groups excluding tert-OH is 2. The summed E-state index contributed by atoms with van der Waals surface area (Å²) in [5, 5.41) is 17.5. The van der Waals surface area contributed by atoms with Crippen LogP contribution in [-0.2, 0) is 9.53 Å². The third-order valence-corrected chi connectivity index (χ3v) is 1.60. The van der Waals surface area contributed by atoms with E-state index in [2.05, 4.69) is 0 Å². The fourth-order valence-electron chi connectivity index (χ4n) is 0.523. The molecule has 5 heteroatoms. The topological polar surface area (TPSA) is 92.8 Å².